The molecule has 0 heterocycles. The standard InChI is InChI=1S/C27H30F6N2O3.2ClH.Zr/c28-26(29,30)20-13-21(27(31,32)33)15-22(14-20)34-17-19-12-23(35(37)38)16-24(25(19)36)18-10-8-6-4-2-1-3-5-7-9-11-18;;;/h12-18,36H,1-11H2;2*1H;/q;;;+2/p-2. The van der Waals surface area contributed by atoms with E-state index in [0.29, 0.717) is 30.5 Å². The van der Waals surface area contributed by atoms with Crippen molar-refractivity contribution in [3.8, 4) is 5.75 Å². The second-order valence-electron chi connectivity index (χ2n) is 9.78. The molecule has 0 aliphatic heterocycles. The number of alkyl halides is 6. The van der Waals surface area contributed by atoms with Crippen LogP contribution in [0.1, 0.15) is 98.8 Å². The molecule has 14 heteroatoms. The molecule has 5 nitrogen and oxygen atoms in total. The topological polar surface area (TPSA) is 75.7 Å². The van der Waals surface area contributed by atoms with E-state index >= 15 is 0 Å². The molecule has 0 radical (unpaired) electrons. The van der Waals surface area contributed by atoms with E-state index in [1.165, 1.54) is 12.5 Å². The third-order valence-electron chi connectivity index (χ3n) is 6.83. The van der Waals surface area contributed by atoms with Crippen molar-refractivity contribution >= 4 is 34.6 Å². The van der Waals surface area contributed by atoms with Crippen LogP contribution in [-0.2, 0) is 33.2 Å². The van der Waals surface area contributed by atoms with Crippen LogP contribution in [0.4, 0.5) is 37.7 Å². The summed E-state index contributed by atoms with van der Waals surface area (Å²) >= 11 is -0.826. The van der Waals surface area contributed by atoms with Crippen molar-refractivity contribution < 1.29 is 57.2 Å². The number of aliphatic imine (C=N–C) groups is 1. The summed E-state index contributed by atoms with van der Waals surface area (Å²) in [7, 11) is 9.87. The Morgan fingerprint density at radius 3 is 1.68 bits per heavy atom. The first-order valence-corrected chi connectivity index (χ1v) is 19.4. The molecule has 3 rings (SSSR count). The third kappa shape index (κ3) is 11.9. The molecule has 0 saturated heterocycles. The zero-order valence-electron chi connectivity index (χ0n) is 22.0. The van der Waals surface area contributed by atoms with Gasteiger partial charge in [0.25, 0.3) is 5.69 Å². The van der Waals surface area contributed by atoms with E-state index in [1.54, 1.807) is 0 Å². The van der Waals surface area contributed by atoms with Crippen LogP contribution >= 0.6 is 17.0 Å². The van der Waals surface area contributed by atoms with Crippen LogP contribution in [0.2, 0.25) is 0 Å². The predicted molar refractivity (Wildman–Crippen MR) is 144 cm³/mol. The molecule has 1 fully saturated rings. The van der Waals surface area contributed by atoms with Crippen molar-refractivity contribution in [1.29, 1.82) is 0 Å². The second-order valence-corrected chi connectivity index (χ2v) is 13.5. The van der Waals surface area contributed by atoms with Crippen molar-refractivity contribution in [1.82, 2.24) is 0 Å². The average Bonchev–Trinajstić information content (AvgIpc) is 2.88. The molecule has 1 aliphatic carbocycles. The van der Waals surface area contributed by atoms with Crippen molar-refractivity contribution in [3.05, 3.63) is 62.7 Å². The van der Waals surface area contributed by atoms with Crippen LogP contribution < -0.4 is 0 Å². The minimum atomic E-state index is -5.04. The van der Waals surface area contributed by atoms with E-state index in [4.69, 9.17) is 17.0 Å². The fourth-order valence-electron chi connectivity index (χ4n) is 4.81. The summed E-state index contributed by atoms with van der Waals surface area (Å²) in [6.45, 7) is 0. The number of nitrogens with zero attached hydrogens (tertiary/aromatic N) is 2. The summed E-state index contributed by atoms with van der Waals surface area (Å²) in [6.07, 6.45) is 1.62. The molecule has 2 aromatic carbocycles. The van der Waals surface area contributed by atoms with Gasteiger partial charge in [-0.3, -0.25) is 15.1 Å². The van der Waals surface area contributed by atoms with Crippen LogP contribution in [-0.4, -0.2) is 16.2 Å². The van der Waals surface area contributed by atoms with Crippen molar-refractivity contribution in [3.63, 3.8) is 0 Å². The number of benzene rings is 2. The van der Waals surface area contributed by atoms with E-state index in [1.807, 2.05) is 0 Å². The van der Waals surface area contributed by atoms with Gasteiger partial charge in [-0.05, 0) is 37.0 Å². The molecular formula is C27H30Cl2F6N2O3Zr. The number of nitro groups is 1. The van der Waals surface area contributed by atoms with E-state index in [2.05, 4.69) is 4.99 Å². The Hall–Kier alpha value is -1.65. The molecule has 1 N–H and O–H groups in total. The molecule has 0 amide bonds. The molecule has 226 valence electrons. The summed E-state index contributed by atoms with van der Waals surface area (Å²) < 4.78 is 79.2. The Balaban J connectivity index is 0.00000187. The summed E-state index contributed by atoms with van der Waals surface area (Å²) in [5.74, 6) is -0.480. The monoisotopic (exact) mass is 704 g/mol. The van der Waals surface area contributed by atoms with Gasteiger partial charge in [0.2, 0.25) is 0 Å². The maximum absolute atomic E-state index is 13.2. The van der Waals surface area contributed by atoms with Gasteiger partial charge in [-0.15, -0.1) is 0 Å². The molecule has 0 spiro atoms. The summed E-state index contributed by atoms with van der Waals surface area (Å²) in [5, 5.41) is 22.6. The Bertz CT molecular complexity index is 1130. The van der Waals surface area contributed by atoms with Gasteiger partial charge in [-0.25, -0.2) is 0 Å². The number of halogens is 8. The van der Waals surface area contributed by atoms with Gasteiger partial charge in [0, 0.05) is 29.5 Å². The Morgan fingerprint density at radius 1 is 0.829 bits per heavy atom. The zero-order valence-corrected chi connectivity index (χ0v) is 26.0. The minimum absolute atomic E-state index is 0.00833. The van der Waals surface area contributed by atoms with Crippen LogP contribution in [0.25, 0.3) is 0 Å². The Morgan fingerprint density at radius 2 is 1.27 bits per heavy atom. The van der Waals surface area contributed by atoms with E-state index in [-0.39, 0.29) is 29.0 Å². The number of non-ortho nitro benzene ring substituents is 1. The first kappa shape index (κ1) is 35.5. The molecule has 0 unspecified atom stereocenters. The van der Waals surface area contributed by atoms with Gasteiger partial charge in [-0.2, -0.15) is 26.3 Å². The van der Waals surface area contributed by atoms with Gasteiger partial charge in [0.1, 0.15) is 5.75 Å². The molecule has 0 atom stereocenters. The van der Waals surface area contributed by atoms with E-state index in [9.17, 15) is 41.6 Å². The van der Waals surface area contributed by atoms with Crippen molar-refractivity contribution in [2.45, 2.75) is 88.9 Å². The fraction of sp³-hybridized carbons (Fsp3) is 0.519. The van der Waals surface area contributed by atoms with Crippen molar-refractivity contribution in [2.75, 3.05) is 0 Å². The van der Waals surface area contributed by atoms with Crippen LogP contribution in [0, 0.1) is 10.1 Å². The summed E-state index contributed by atoms with van der Waals surface area (Å²) in [4.78, 5) is 14.7. The second kappa shape index (κ2) is 16.9. The normalized spacial score (nSPS) is 16.3. The van der Waals surface area contributed by atoms with E-state index < -0.39 is 54.9 Å². The molecule has 1 saturated carbocycles. The molecule has 0 bridgehead atoms. The number of phenols is 1. The number of hydrogen-bond acceptors (Lipinski definition) is 4. The molecule has 1 aliphatic rings. The molecule has 41 heavy (non-hydrogen) atoms. The summed E-state index contributed by atoms with van der Waals surface area (Å²) in [5.41, 5.74) is -3.85. The van der Waals surface area contributed by atoms with Gasteiger partial charge < -0.3 is 5.11 Å². The number of phenolic OH excluding ortho intramolecular Hbond substituents is 1. The first-order chi connectivity index (χ1) is 19.3. The van der Waals surface area contributed by atoms with Crippen LogP contribution in [0.3, 0.4) is 0 Å². The van der Waals surface area contributed by atoms with Gasteiger partial charge >= 0.3 is 50.2 Å². The summed E-state index contributed by atoms with van der Waals surface area (Å²) in [6, 6.07) is 3.21. The quantitative estimate of drug-likeness (QED) is 0.149. The zero-order chi connectivity index (χ0) is 30.6. The maximum atomic E-state index is 13.2. The SMILES string of the molecule is O=[N+]([O-])c1cc(C=Nc2cc(C(F)(F)F)cc(C(F)(F)F)c2)c(O)c(C2CCCCCCCCCCC2)c1.[Cl][Zr][Cl]. The van der Waals surface area contributed by atoms with E-state index in [0.717, 1.165) is 63.6 Å². The average molecular weight is 707 g/mol. The number of nitro benzene ring substituents is 1. The molecule has 0 aromatic heterocycles. The van der Waals surface area contributed by atoms with Gasteiger partial charge in [-0.1, -0.05) is 57.8 Å². The number of hydrogen-bond donors (Lipinski definition) is 1. The van der Waals surface area contributed by atoms with Crippen LogP contribution in [0.15, 0.2) is 35.3 Å². The van der Waals surface area contributed by atoms with Gasteiger partial charge in [0.05, 0.1) is 21.7 Å². The third-order valence-corrected chi connectivity index (χ3v) is 6.83. The molecular weight excluding hydrogens is 676 g/mol. The van der Waals surface area contributed by atoms with Gasteiger partial charge in [0.15, 0.2) is 0 Å². The molecule has 2 aromatic rings. The number of aromatic hydroxyl groups is 1. The Labute approximate surface area is 253 Å². The number of rotatable bonds is 4. The predicted octanol–water partition coefficient (Wildman–Crippen LogP) is 10.9. The Kier molecular flexibility index (Phi) is 14.6. The first-order valence-electron chi connectivity index (χ1n) is 13.1. The van der Waals surface area contributed by atoms with Crippen molar-refractivity contribution in [2.24, 2.45) is 4.99 Å². The fourth-order valence-corrected chi connectivity index (χ4v) is 4.81. The van der Waals surface area contributed by atoms with Crippen LogP contribution in [0.5, 0.6) is 5.75 Å².